The molecule has 0 aliphatic carbocycles. The molecule has 3 N–H and O–H groups in total. The quantitative estimate of drug-likeness (QED) is 0.372. The van der Waals surface area contributed by atoms with Gasteiger partial charge >= 0.3 is 0 Å². The molecule has 0 aliphatic heterocycles. The molecular weight excluding hydrogens is 240 g/mol. The van der Waals surface area contributed by atoms with E-state index in [-0.39, 0.29) is 13.2 Å². The van der Waals surface area contributed by atoms with E-state index < -0.39 is 17.5 Å². The van der Waals surface area contributed by atoms with E-state index in [0.29, 0.717) is 0 Å². The average Bonchev–Trinajstić information content (AvgIpc) is 2.36. The lowest BCUT2D eigenvalue weighted by atomic mass is 10.1. The molecule has 5 heteroatoms. The number of aliphatic hydroxyl groups excluding tert-OH is 3. The van der Waals surface area contributed by atoms with Crippen molar-refractivity contribution in [1.29, 1.82) is 0 Å². The number of hydrogen-bond donors (Lipinski definition) is 4. The van der Waals surface area contributed by atoms with Gasteiger partial charge in [0.2, 0.25) is 0 Å². The van der Waals surface area contributed by atoms with Crippen LogP contribution in [0.4, 0.5) is 0 Å². The number of ether oxygens (including phenoxy) is 1. The van der Waals surface area contributed by atoms with Crippen molar-refractivity contribution in [3.63, 3.8) is 0 Å². The zero-order chi connectivity index (χ0) is 13.3. The standard InChI is InChI=1S/C12H24O4S/c1-3-5-6-9(4-2)16-8-10(14)12(15)11(17)7-13/h4,10-15,17H,3,5-8H2,1-2H3/b9-4-/t10-,11?,12-/m0/s1. The lowest BCUT2D eigenvalue weighted by Gasteiger charge is -2.22. The van der Waals surface area contributed by atoms with Crippen LogP contribution in [0.25, 0.3) is 0 Å². The third-order valence-corrected chi connectivity index (χ3v) is 2.98. The lowest BCUT2D eigenvalue weighted by Crippen LogP contribution is -2.39. The molecule has 0 aromatic rings. The number of thiol groups is 1. The average molecular weight is 264 g/mol. The van der Waals surface area contributed by atoms with Crippen LogP contribution in [0.2, 0.25) is 0 Å². The summed E-state index contributed by atoms with van der Waals surface area (Å²) in [6, 6.07) is 0. The van der Waals surface area contributed by atoms with Crippen molar-refractivity contribution in [2.24, 2.45) is 0 Å². The Morgan fingerprint density at radius 3 is 2.53 bits per heavy atom. The molecule has 0 aliphatic rings. The van der Waals surface area contributed by atoms with E-state index in [9.17, 15) is 10.2 Å². The molecule has 0 spiro atoms. The van der Waals surface area contributed by atoms with Crippen LogP contribution in [-0.4, -0.2) is 46.0 Å². The monoisotopic (exact) mass is 264 g/mol. The summed E-state index contributed by atoms with van der Waals surface area (Å²) in [6.45, 7) is 3.71. The highest BCUT2D eigenvalue weighted by Crippen LogP contribution is 2.12. The number of aliphatic hydroxyl groups is 3. The van der Waals surface area contributed by atoms with Crippen LogP contribution in [0.3, 0.4) is 0 Å². The second-order valence-electron chi connectivity index (χ2n) is 3.98. The molecule has 0 amide bonds. The summed E-state index contributed by atoms with van der Waals surface area (Å²) in [5.41, 5.74) is 0. The van der Waals surface area contributed by atoms with Crippen molar-refractivity contribution in [2.75, 3.05) is 13.2 Å². The van der Waals surface area contributed by atoms with Crippen LogP contribution in [0.1, 0.15) is 33.1 Å². The Kier molecular flexibility index (Phi) is 9.63. The third-order valence-electron chi connectivity index (χ3n) is 2.51. The van der Waals surface area contributed by atoms with Crippen molar-refractivity contribution in [3.8, 4) is 0 Å². The first-order valence-electron chi connectivity index (χ1n) is 5.99. The molecule has 4 nitrogen and oxygen atoms in total. The Balaban J connectivity index is 4.00. The van der Waals surface area contributed by atoms with Gasteiger partial charge in [-0.3, -0.25) is 0 Å². The van der Waals surface area contributed by atoms with Crippen molar-refractivity contribution in [3.05, 3.63) is 11.8 Å². The van der Waals surface area contributed by atoms with Gasteiger partial charge in [-0.2, -0.15) is 12.6 Å². The normalized spacial score (nSPS) is 17.6. The Labute approximate surface area is 109 Å². The van der Waals surface area contributed by atoms with Crippen LogP contribution in [0.5, 0.6) is 0 Å². The molecule has 0 aromatic heterocycles. The number of allylic oxidation sites excluding steroid dienone is 2. The minimum absolute atomic E-state index is 0.0155. The second kappa shape index (κ2) is 9.76. The molecule has 0 heterocycles. The Morgan fingerprint density at radius 2 is 2.06 bits per heavy atom. The summed E-state index contributed by atoms with van der Waals surface area (Å²) < 4.78 is 5.41. The Morgan fingerprint density at radius 1 is 1.41 bits per heavy atom. The van der Waals surface area contributed by atoms with Gasteiger partial charge in [0.05, 0.1) is 23.7 Å². The van der Waals surface area contributed by atoms with E-state index >= 15 is 0 Å². The molecule has 1 unspecified atom stereocenters. The Bertz CT molecular complexity index is 221. The van der Waals surface area contributed by atoms with Gasteiger partial charge < -0.3 is 20.1 Å². The summed E-state index contributed by atoms with van der Waals surface area (Å²) in [4.78, 5) is 0. The van der Waals surface area contributed by atoms with Gasteiger partial charge in [-0.15, -0.1) is 0 Å². The first kappa shape index (κ1) is 16.8. The van der Waals surface area contributed by atoms with E-state index in [1.165, 1.54) is 0 Å². The molecular formula is C12H24O4S. The highest BCUT2D eigenvalue weighted by molar-refractivity contribution is 7.81. The minimum Gasteiger partial charge on any atom is -0.495 e. The summed E-state index contributed by atoms with van der Waals surface area (Å²) in [5, 5.41) is 27.3. The number of unbranched alkanes of at least 4 members (excludes halogenated alkanes) is 1. The summed E-state index contributed by atoms with van der Waals surface area (Å²) in [5.74, 6) is 0.817. The van der Waals surface area contributed by atoms with Crippen LogP contribution >= 0.6 is 12.6 Å². The summed E-state index contributed by atoms with van der Waals surface area (Å²) in [7, 11) is 0. The first-order valence-corrected chi connectivity index (χ1v) is 6.51. The van der Waals surface area contributed by atoms with Crippen LogP contribution in [-0.2, 0) is 4.74 Å². The Hall–Kier alpha value is -0.230. The van der Waals surface area contributed by atoms with Gasteiger partial charge in [0.25, 0.3) is 0 Å². The van der Waals surface area contributed by atoms with E-state index in [0.717, 1.165) is 25.0 Å². The topological polar surface area (TPSA) is 69.9 Å². The summed E-state index contributed by atoms with van der Waals surface area (Å²) in [6.07, 6.45) is 2.67. The van der Waals surface area contributed by atoms with E-state index in [4.69, 9.17) is 9.84 Å². The fraction of sp³-hybridized carbons (Fsp3) is 0.833. The second-order valence-corrected chi connectivity index (χ2v) is 4.64. The van der Waals surface area contributed by atoms with E-state index in [2.05, 4.69) is 19.6 Å². The maximum atomic E-state index is 9.63. The van der Waals surface area contributed by atoms with Gasteiger partial charge in [-0.1, -0.05) is 13.3 Å². The van der Waals surface area contributed by atoms with E-state index in [1.54, 1.807) is 0 Å². The molecule has 17 heavy (non-hydrogen) atoms. The van der Waals surface area contributed by atoms with Crippen molar-refractivity contribution in [1.82, 2.24) is 0 Å². The van der Waals surface area contributed by atoms with Gasteiger partial charge in [-0.25, -0.2) is 0 Å². The van der Waals surface area contributed by atoms with Gasteiger partial charge in [0, 0.05) is 6.42 Å². The summed E-state index contributed by atoms with van der Waals surface area (Å²) >= 11 is 3.96. The molecule has 0 aromatic carbocycles. The van der Waals surface area contributed by atoms with Gasteiger partial charge in [-0.05, 0) is 19.4 Å². The lowest BCUT2D eigenvalue weighted by molar-refractivity contribution is -0.0292. The number of hydrogen-bond acceptors (Lipinski definition) is 5. The van der Waals surface area contributed by atoms with Gasteiger partial charge in [0.1, 0.15) is 12.7 Å². The van der Waals surface area contributed by atoms with E-state index in [1.807, 2.05) is 13.0 Å². The molecule has 0 rings (SSSR count). The highest BCUT2D eigenvalue weighted by atomic mass is 32.1. The van der Waals surface area contributed by atoms with Crippen LogP contribution in [0.15, 0.2) is 11.8 Å². The largest absolute Gasteiger partial charge is 0.495 e. The van der Waals surface area contributed by atoms with Crippen LogP contribution < -0.4 is 0 Å². The molecule has 0 bridgehead atoms. The SMILES string of the molecule is C/C=C(/CCCC)OC[C@H](O)[C@H](O)C(S)CO. The maximum Gasteiger partial charge on any atom is 0.116 e. The zero-order valence-electron chi connectivity index (χ0n) is 10.5. The predicted molar refractivity (Wildman–Crippen MR) is 71.1 cm³/mol. The number of rotatable bonds is 9. The smallest absolute Gasteiger partial charge is 0.116 e. The zero-order valence-corrected chi connectivity index (χ0v) is 11.4. The third kappa shape index (κ3) is 6.93. The molecule has 0 radical (unpaired) electrons. The molecule has 0 fully saturated rings. The maximum absolute atomic E-state index is 9.63. The van der Waals surface area contributed by atoms with Crippen molar-refractivity contribution in [2.45, 2.75) is 50.6 Å². The highest BCUT2D eigenvalue weighted by Gasteiger charge is 2.23. The fourth-order valence-corrected chi connectivity index (χ4v) is 1.50. The predicted octanol–water partition coefficient (Wildman–Crippen LogP) is 1.11. The molecule has 102 valence electrons. The molecule has 0 saturated carbocycles. The first-order chi connectivity index (χ1) is 8.06. The minimum atomic E-state index is -1.09. The van der Waals surface area contributed by atoms with Gasteiger partial charge in [0.15, 0.2) is 0 Å². The fourth-order valence-electron chi connectivity index (χ4n) is 1.31. The van der Waals surface area contributed by atoms with Crippen LogP contribution in [0, 0.1) is 0 Å². The van der Waals surface area contributed by atoms with Crippen molar-refractivity contribution < 1.29 is 20.1 Å². The molecule has 0 saturated heterocycles. The van der Waals surface area contributed by atoms with Crippen molar-refractivity contribution >= 4 is 12.6 Å². The molecule has 3 atom stereocenters.